The molecule has 51 heavy (non-hydrogen) atoms. The molecule has 3 atom stereocenters. The molecule has 11 heteroatoms. The van der Waals surface area contributed by atoms with Crippen LogP contribution in [-0.2, 0) is 32.7 Å². The molecule has 3 N–H and O–H groups in total. The van der Waals surface area contributed by atoms with E-state index < -0.39 is 51.8 Å². The van der Waals surface area contributed by atoms with Gasteiger partial charge in [-0.2, -0.15) is 0 Å². The molecule has 0 saturated heterocycles. The molecule has 10 nitrogen and oxygen atoms in total. The van der Waals surface area contributed by atoms with Gasteiger partial charge in [0.1, 0.15) is 12.7 Å². The van der Waals surface area contributed by atoms with Crippen molar-refractivity contribution >= 4 is 19.8 Å². The molecule has 0 amide bonds. The van der Waals surface area contributed by atoms with E-state index in [9.17, 15) is 24.2 Å². The topological polar surface area (TPSA) is 149 Å². The minimum absolute atomic E-state index is 0.174. The van der Waals surface area contributed by atoms with E-state index in [1.165, 1.54) is 64.2 Å². The van der Waals surface area contributed by atoms with Gasteiger partial charge in [-0.25, -0.2) is 4.57 Å². The van der Waals surface area contributed by atoms with Gasteiger partial charge in [-0.05, 0) is 64.2 Å². The zero-order valence-corrected chi connectivity index (χ0v) is 33.2. The van der Waals surface area contributed by atoms with E-state index in [0.717, 1.165) is 77.0 Å². The van der Waals surface area contributed by atoms with Crippen LogP contribution in [0.3, 0.4) is 0 Å². The Morgan fingerprint density at radius 3 is 1.41 bits per heavy atom. The van der Waals surface area contributed by atoms with Crippen molar-refractivity contribution in [2.45, 2.75) is 193 Å². The van der Waals surface area contributed by atoms with E-state index in [1.807, 2.05) is 0 Å². The fraction of sp³-hybridized carbons (Fsp3) is 0.850. The summed E-state index contributed by atoms with van der Waals surface area (Å²) in [6.45, 7) is 2.34. The summed E-state index contributed by atoms with van der Waals surface area (Å²) in [5.41, 5.74) is 0. The van der Waals surface area contributed by atoms with Crippen LogP contribution in [0, 0.1) is 0 Å². The van der Waals surface area contributed by atoms with Gasteiger partial charge in [0.2, 0.25) is 0 Å². The molecule has 0 aliphatic carbocycles. The number of esters is 2. The summed E-state index contributed by atoms with van der Waals surface area (Å²) < 4.78 is 32.6. The summed E-state index contributed by atoms with van der Waals surface area (Å²) in [5, 5.41) is 18.3. The van der Waals surface area contributed by atoms with E-state index in [1.54, 1.807) is 0 Å². The number of rotatable bonds is 38. The maximum Gasteiger partial charge on any atom is 0.472 e. The van der Waals surface area contributed by atoms with Crippen LogP contribution >= 0.6 is 7.82 Å². The molecular formula is C40H75O10P. The smallest absolute Gasteiger partial charge is 0.462 e. The number of hydrogen-bond donors (Lipinski definition) is 3. The number of allylic oxidation sites excluding steroid dienone is 4. The molecule has 0 aromatic heterocycles. The monoisotopic (exact) mass is 747 g/mol. The number of aliphatic hydroxyl groups excluding tert-OH is 2. The third-order valence-corrected chi connectivity index (χ3v) is 9.53. The average molecular weight is 747 g/mol. The van der Waals surface area contributed by atoms with Gasteiger partial charge in [0.25, 0.3) is 0 Å². The van der Waals surface area contributed by atoms with Crippen LogP contribution in [0.4, 0.5) is 0 Å². The van der Waals surface area contributed by atoms with Gasteiger partial charge in [-0.1, -0.05) is 128 Å². The first-order chi connectivity index (χ1) is 24.7. The third-order valence-electron chi connectivity index (χ3n) is 8.58. The average Bonchev–Trinajstić information content (AvgIpc) is 3.12. The second-order valence-corrected chi connectivity index (χ2v) is 15.1. The molecule has 300 valence electrons. The summed E-state index contributed by atoms with van der Waals surface area (Å²) >= 11 is 0. The Hall–Kier alpha value is -1.55. The van der Waals surface area contributed by atoms with Crippen LogP contribution in [0.15, 0.2) is 24.3 Å². The SMILES string of the molecule is CCCCCCC/C=C\CCCCCCCC(=O)OCC(COP(=O)(O)OCC(O)CO)OC(=O)CCCCCCC/C=C\CCCCCCC. The molecule has 0 aromatic rings. The predicted octanol–water partition coefficient (Wildman–Crippen LogP) is 10.2. The van der Waals surface area contributed by atoms with Gasteiger partial charge in [0.15, 0.2) is 6.10 Å². The Labute approximate surface area is 310 Å². The Morgan fingerprint density at radius 2 is 0.961 bits per heavy atom. The zero-order valence-electron chi connectivity index (χ0n) is 32.3. The van der Waals surface area contributed by atoms with E-state index >= 15 is 0 Å². The zero-order chi connectivity index (χ0) is 37.7. The first kappa shape index (κ1) is 49.5. The lowest BCUT2D eigenvalue weighted by atomic mass is 10.1. The molecule has 0 spiro atoms. The highest BCUT2D eigenvalue weighted by Crippen LogP contribution is 2.43. The van der Waals surface area contributed by atoms with Gasteiger partial charge < -0.3 is 24.6 Å². The Balaban J connectivity index is 4.36. The van der Waals surface area contributed by atoms with Crippen LogP contribution in [0.2, 0.25) is 0 Å². The van der Waals surface area contributed by atoms with Gasteiger partial charge in [-0.15, -0.1) is 0 Å². The third kappa shape index (κ3) is 36.6. The molecule has 0 radical (unpaired) electrons. The number of carbonyl (C=O) groups excluding carboxylic acids is 2. The first-order valence-corrected chi connectivity index (χ1v) is 21.8. The van der Waals surface area contributed by atoms with Gasteiger partial charge in [0.05, 0.1) is 19.8 Å². The van der Waals surface area contributed by atoms with E-state index in [4.69, 9.17) is 19.1 Å². The van der Waals surface area contributed by atoms with Crippen molar-refractivity contribution in [1.29, 1.82) is 0 Å². The normalized spacial score (nSPS) is 14.2. The van der Waals surface area contributed by atoms with E-state index in [0.29, 0.717) is 12.8 Å². The number of phosphoric ester groups is 1. The summed E-state index contributed by atoms with van der Waals surface area (Å²) in [6, 6.07) is 0. The fourth-order valence-electron chi connectivity index (χ4n) is 5.39. The van der Waals surface area contributed by atoms with Crippen LogP contribution in [-0.4, -0.2) is 65.7 Å². The summed E-state index contributed by atoms with van der Waals surface area (Å²) in [6.07, 6.45) is 34.3. The maximum atomic E-state index is 12.6. The molecule has 0 fully saturated rings. The van der Waals surface area contributed by atoms with Crippen molar-refractivity contribution in [3.05, 3.63) is 24.3 Å². The molecule has 0 bridgehead atoms. The van der Waals surface area contributed by atoms with E-state index in [2.05, 4.69) is 42.7 Å². The highest BCUT2D eigenvalue weighted by Gasteiger charge is 2.27. The summed E-state index contributed by atoms with van der Waals surface area (Å²) in [5.74, 6) is -0.943. The molecule has 0 aromatic carbocycles. The quantitative estimate of drug-likeness (QED) is 0.0241. The maximum absolute atomic E-state index is 12.6. The van der Waals surface area contributed by atoms with Crippen LogP contribution < -0.4 is 0 Å². The molecule has 0 aliphatic heterocycles. The molecule has 0 saturated carbocycles. The fourth-order valence-corrected chi connectivity index (χ4v) is 6.18. The Morgan fingerprint density at radius 1 is 0.569 bits per heavy atom. The molecule has 0 aliphatic rings. The van der Waals surface area contributed by atoms with Crippen LogP contribution in [0.25, 0.3) is 0 Å². The van der Waals surface area contributed by atoms with Crippen molar-refractivity contribution < 1.29 is 47.8 Å². The second kappa shape index (κ2) is 36.8. The van der Waals surface area contributed by atoms with Crippen molar-refractivity contribution in [2.24, 2.45) is 0 Å². The minimum Gasteiger partial charge on any atom is -0.462 e. The number of unbranched alkanes of at least 4 members (excludes halogenated alkanes) is 20. The minimum atomic E-state index is -4.61. The number of ether oxygens (including phenoxy) is 2. The highest BCUT2D eigenvalue weighted by atomic mass is 31.2. The lowest BCUT2D eigenvalue weighted by Crippen LogP contribution is -2.29. The summed E-state index contributed by atoms with van der Waals surface area (Å²) in [7, 11) is -4.61. The van der Waals surface area contributed by atoms with Gasteiger partial charge in [0, 0.05) is 12.8 Å². The second-order valence-electron chi connectivity index (χ2n) is 13.7. The summed E-state index contributed by atoms with van der Waals surface area (Å²) in [4.78, 5) is 34.9. The van der Waals surface area contributed by atoms with Gasteiger partial charge >= 0.3 is 19.8 Å². The number of phosphoric acid groups is 1. The largest absolute Gasteiger partial charge is 0.472 e. The Bertz CT molecular complexity index is 910. The van der Waals surface area contributed by atoms with Crippen molar-refractivity contribution in [3.8, 4) is 0 Å². The number of aliphatic hydroxyl groups is 2. The highest BCUT2D eigenvalue weighted by molar-refractivity contribution is 7.47. The number of hydrogen-bond acceptors (Lipinski definition) is 9. The lowest BCUT2D eigenvalue weighted by Gasteiger charge is -2.20. The number of carbonyl (C=O) groups is 2. The molecular weight excluding hydrogens is 671 g/mol. The Kier molecular flexibility index (Phi) is 35.7. The predicted molar refractivity (Wildman–Crippen MR) is 205 cm³/mol. The van der Waals surface area contributed by atoms with E-state index in [-0.39, 0.29) is 19.4 Å². The van der Waals surface area contributed by atoms with Crippen LogP contribution in [0.5, 0.6) is 0 Å². The standard InChI is InChI=1S/C40H75O10P/c1-3-5-7-9-11-13-15-17-19-21-23-25-27-29-31-39(43)47-35-38(36-49-51(45,46)48-34-37(42)33-41)50-40(44)32-30-28-26-24-22-20-18-16-14-12-10-8-6-4-2/h15-18,37-38,41-42H,3-14,19-36H2,1-2H3,(H,45,46)/b17-15-,18-16-. The van der Waals surface area contributed by atoms with Crippen molar-refractivity contribution in [1.82, 2.24) is 0 Å². The lowest BCUT2D eigenvalue weighted by molar-refractivity contribution is -0.161. The van der Waals surface area contributed by atoms with Crippen molar-refractivity contribution in [2.75, 3.05) is 26.4 Å². The first-order valence-electron chi connectivity index (χ1n) is 20.3. The van der Waals surface area contributed by atoms with Gasteiger partial charge in [-0.3, -0.25) is 18.6 Å². The molecule has 0 rings (SSSR count). The van der Waals surface area contributed by atoms with Crippen LogP contribution in [0.1, 0.15) is 181 Å². The van der Waals surface area contributed by atoms with Crippen molar-refractivity contribution in [3.63, 3.8) is 0 Å². The molecule has 0 heterocycles. The molecule has 3 unspecified atom stereocenters.